The number of amides is 2. The highest BCUT2D eigenvalue weighted by atomic mass is 31.2. The molecule has 1 aliphatic heterocycles. The number of aldehydes is 1. The number of likely N-dealkylation sites (tertiary alicyclic amines) is 1. The first-order chi connectivity index (χ1) is 23.1. The molecule has 1 saturated heterocycles. The molecule has 1 aromatic carbocycles. The number of carbonyl (C=O) groups is 4. The maximum atomic E-state index is 12.2. The Kier molecular flexibility index (Phi) is 26.8. The van der Waals surface area contributed by atoms with Gasteiger partial charge in [-0.15, -0.1) is 0 Å². The number of hydrogen-bond acceptors (Lipinski definition) is 10. The zero-order chi connectivity index (χ0) is 38.2. The molecular weight excluding hydrogens is 651 g/mol. The number of nitrogens with two attached hydrogens (primary N) is 1. The van der Waals surface area contributed by atoms with E-state index in [4.69, 9.17) is 15.2 Å². The SMILES string of the molecule is CCC.CCC(C)C(C(CC=O)OC)N(C)C(=O)CN.COC(=O)P(=O)(O)CNC(=O)C(C)C(OC)C1CCCN1C.Cc1ccccc1. The molecule has 1 aliphatic rings. The average molecular weight is 717 g/mol. The smallest absolute Gasteiger partial charge is 0.392 e. The van der Waals surface area contributed by atoms with Crippen molar-refractivity contribution in [1.82, 2.24) is 15.1 Å². The number of nitrogens with one attached hydrogen (secondary N) is 1. The van der Waals surface area contributed by atoms with Gasteiger partial charge < -0.3 is 44.7 Å². The maximum Gasteiger partial charge on any atom is 0.392 e. The van der Waals surface area contributed by atoms with Gasteiger partial charge in [-0.3, -0.25) is 14.2 Å². The fourth-order valence-electron chi connectivity index (χ4n) is 5.30. The number of rotatable bonds is 15. The van der Waals surface area contributed by atoms with Crippen LogP contribution in [0.3, 0.4) is 0 Å². The van der Waals surface area contributed by atoms with Crippen LogP contribution in [0.4, 0.5) is 4.79 Å². The molecule has 13 nitrogen and oxygen atoms in total. The van der Waals surface area contributed by atoms with Gasteiger partial charge in [-0.05, 0) is 39.3 Å². The second-order valence-corrected chi connectivity index (χ2v) is 14.3. The van der Waals surface area contributed by atoms with Crippen LogP contribution in [-0.4, -0.2) is 118 Å². The Morgan fingerprint density at radius 3 is 2.06 bits per heavy atom. The van der Waals surface area contributed by atoms with Gasteiger partial charge in [0, 0.05) is 33.7 Å². The van der Waals surface area contributed by atoms with Crippen molar-refractivity contribution in [2.24, 2.45) is 17.6 Å². The largest absolute Gasteiger partial charge is 0.462 e. The zero-order valence-electron chi connectivity index (χ0n) is 31.7. The topological polar surface area (TPSA) is 178 Å². The van der Waals surface area contributed by atoms with E-state index in [0.717, 1.165) is 39.2 Å². The molecular formula is C35H65N4O9P. The predicted octanol–water partition coefficient (Wildman–Crippen LogP) is 4.68. The van der Waals surface area contributed by atoms with Crippen LogP contribution in [0.1, 0.15) is 72.3 Å². The van der Waals surface area contributed by atoms with Crippen molar-refractivity contribution >= 4 is 31.2 Å². The number of nitrogens with zero attached hydrogens (tertiary/aromatic N) is 2. The fourth-order valence-corrected chi connectivity index (χ4v) is 6.09. The van der Waals surface area contributed by atoms with Gasteiger partial charge in [0.1, 0.15) is 12.6 Å². The number of hydrogen-bond donors (Lipinski definition) is 3. The Labute approximate surface area is 295 Å². The van der Waals surface area contributed by atoms with Crippen LogP contribution in [0.15, 0.2) is 30.3 Å². The van der Waals surface area contributed by atoms with Crippen molar-refractivity contribution in [2.75, 3.05) is 54.8 Å². The molecule has 0 aliphatic carbocycles. The number of carbonyl (C=O) groups excluding carboxylic acids is 4. The molecule has 284 valence electrons. The lowest BCUT2D eigenvalue weighted by atomic mass is 9.91. The van der Waals surface area contributed by atoms with E-state index in [1.165, 1.54) is 12.0 Å². The highest BCUT2D eigenvalue weighted by Crippen LogP contribution is 2.41. The predicted molar refractivity (Wildman–Crippen MR) is 195 cm³/mol. The molecule has 1 heterocycles. The van der Waals surface area contributed by atoms with Gasteiger partial charge >= 0.3 is 13.1 Å². The lowest BCUT2D eigenvalue weighted by Gasteiger charge is -2.37. The van der Waals surface area contributed by atoms with E-state index in [0.29, 0.717) is 0 Å². The third-order valence-corrected chi connectivity index (χ3v) is 9.60. The molecule has 7 atom stereocenters. The number of ether oxygens (including phenoxy) is 3. The van der Waals surface area contributed by atoms with E-state index in [1.807, 2.05) is 39.1 Å². The first-order valence-corrected chi connectivity index (χ1v) is 18.8. The van der Waals surface area contributed by atoms with E-state index >= 15 is 0 Å². The quantitative estimate of drug-likeness (QED) is 0.170. The van der Waals surface area contributed by atoms with Crippen LogP contribution in [0.25, 0.3) is 0 Å². The van der Waals surface area contributed by atoms with Crippen LogP contribution < -0.4 is 11.1 Å². The van der Waals surface area contributed by atoms with Crippen molar-refractivity contribution in [2.45, 2.75) is 97.9 Å². The number of methoxy groups -OCH3 is 3. The van der Waals surface area contributed by atoms with Crippen LogP contribution >= 0.6 is 7.37 Å². The molecule has 2 amide bonds. The van der Waals surface area contributed by atoms with Crippen molar-refractivity contribution in [3.8, 4) is 0 Å². The number of likely N-dealkylation sites (N-methyl/N-ethyl adjacent to an activating group) is 2. The molecule has 0 spiro atoms. The zero-order valence-corrected chi connectivity index (χ0v) is 32.6. The fraction of sp³-hybridized carbons (Fsp3) is 0.714. The van der Waals surface area contributed by atoms with Gasteiger partial charge in [0.2, 0.25) is 11.8 Å². The Hall–Kier alpha value is -2.67. The minimum atomic E-state index is -4.20. The maximum absolute atomic E-state index is 12.2. The number of aryl methyl sites for hydroxylation is 1. The summed E-state index contributed by atoms with van der Waals surface area (Å²) in [6, 6.07) is 10.3. The summed E-state index contributed by atoms with van der Waals surface area (Å²) in [6.45, 7) is 13.1. The molecule has 0 bridgehead atoms. The highest BCUT2D eigenvalue weighted by Gasteiger charge is 2.37. The lowest BCUT2D eigenvalue weighted by Crippen LogP contribution is -2.50. The molecule has 2 rings (SSSR count). The molecule has 0 saturated carbocycles. The van der Waals surface area contributed by atoms with E-state index in [2.05, 4.69) is 47.9 Å². The molecule has 1 fully saturated rings. The van der Waals surface area contributed by atoms with E-state index in [1.54, 1.807) is 33.1 Å². The van der Waals surface area contributed by atoms with Gasteiger partial charge in [-0.2, -0.15) is 0 Å². The monoisotopic (exact) mass is 716 g/mol. The second kappa shape index (κ2) is 27.1. The van der Waals surface area contributed by atoms with Crippen LogP contribution in [-0.2, 0) is 33.2 Å². The van der Waals surface area contributed by atoms with Crippen molar-refractivity contribution in [3.63, 3.8) is 0 Å². The molecule has 7 unspecified atom stereocenters. The standard InChI is InChI=1S/C13H25N2O6P.C12H24N2O3.C7H8.C3H8/c1-9(11(20-3)10-6-5-7-15(10)2)12(16)14-8-22(18,19)13(17)21-4;1-5-9(2)12(10(17-4)6-7-15)14(3)11(16)8-13;1-7-5-3-2-4-6-7;1-3-2/h9-11H,5-8H2,1-4H3,(H,14,16)(H,18,19);7,9-10,12H,5-6,8,13H2,1-4H3;2-6H,1H3;3H2,1-2H3. The summed E-state index contributed by atoms with van der Waals surface area (Å²) in [6.07, 6.45) is 4.02. The molecule has 4 N–H and O–H groups in total. The minimum Gasteiger partial charge on any atom is -0.462 e. The highest BCUT2D eigenvalue weighted by molar-refractivity contribution is 7.74. The minimum absolute atomic E-state index is 0.0268. The summed E-state index contributed by atoms with van der Waals surface area (Å²) in [7, 11) is 3.62. The van der Waals surface area contributed by atoms with Gasteiger partial charge in [0.25, 0.3) is 0 Å². The summed E-state index contributed by atoms with van der Waals surface area (Å²) >= 11 is 0. The Morgan fingerprint density at radius 2 is 1.69 bits per heavy atom. The average Bonchev–Trinajstić information content (AvgIpc) is 3.52. The van der Waals surface area contributed by atoms with E-state index in [-0.39, 0.29) is 49.1 Å². The number of benzene rings is 1. The normalized spacial score (nSPS) is 18.1. The van der Waals surface area contributed by atoms with Crippen LogP contribution in [0.5, 0.6) is 0 Å². The summed E-state index contributed by atoms with van der Waals surface area (Å²) in [5.74, 6) is -0.817. The molecule has 1 aromatic rings. The van der Waals surface area contributed by atoms with E-state index in [9.17, 15) is 28.6 Å². The van der Waals surface area contributed by atoms with Crippen molar-refractivity contribution < 1.29 is 42.8 Å². The molecule has 49 heavy (non-hydrogen) atoms. The first-order valence-electron chi connectivity index (χ1n) is 16.9. The van der Waals surface area contributed by atoms with Gasteiger partial charge in [0.15, 0.2) is 0 Å². The molecule has 0 radical (unpaired) electrons. The summed E-state index contributed by atoms with van der Waals surface area (Å²) < 4.78 is 26.7. The summed E-state index contributed by atoms with van der Waals surface area (Å²) in [4.78, 5) is 58.8. The molecule has 14 heteroatoms. The first kappa shape index (κ1) is 48.4. The van der Waals surface area contributed by atoms with Crippen molar-refractivity contribution in [3.05, 3.63) is 35.9 Å². The van der Waals surface area contributed by atoms with Crippen LogP contribution in [0.2, 0.25) is 0 Å². The molecule has 0 aromatic heterocycles. The Balaban J connectivity index is 0. The van der Waals surface area contributed by atoms with Gasteiger partial charge in [0.05, 0.1) is 37.8 Å². The second-order valence-electron chi connectivity index (χ2n) is 12.2. The van der Waals surface area contributed by atoms with Crippen LogP contribution in [0, 0.1) is 18.8 Å². The van der Waals surface area contributed by atoms with Gasteiger partial charge in [-0.25, -0.2) is 4.79 Å². The Morgan fingerprint density at radius 1 is 1.12 bits per heavy atom. The van der Waals surface area contributed by atoms with E-state index < -0.39 is 31.2 Å². The Bertz CT molecular complexity index is 1110. The summed E-state index contributed by atoms with van der Waals surface area (Å²) in [5, 5.41) is 2.34. The third-order valence-electron chi connectivity index (χ3n) is 8.26. The lowest BCUT2D eigenvalue weighted by molar-refractivity contribution is -0.136. The van der Waals surface area contributed by atoms with Crippen molar-refractivity contribution in [1.29, 1.82) is 0 Å². The van der Waals surface area contributed by atoms with Gasteiger partial charge in [-0.1, -0.05) is 83.4 Å². The third kappa shape index (κ3) is 18.2. The summed E-state index contributed by atoms with van der Waals surface area (Å²) in [5.41, 5.74) is 5.47.